The zero-order valence-corrected chi connectivity index (χ0v) is 14.0. The maximum Gasteiger partial charge on any atom is 0.248 e. The number of amides is 2. The zero-order valence-electron chi connectivity index (χ0n) is 11.7. The van der Waals surface area contributed by atoms with Crippen LogP contribution in [0.25, 0.3) is 0 Å². The molecule has 0 aliphatic heterocycles. The summed E-state index contributed by atoms with van der Waals surface area (Å²) in [6.45, 7) is -0.0432. The summed E-state index contributed by atoms with van der Waals surface area (Å²) >= 11 is 17.8. The lowest BCUT2D eigenvalue weighted by Gasteiger charge is -2.10. The summed E-state index contributed by atoms with van der Waals surface area (Å²) in [4.78, 5) is 23.0. The molecular formula is C15H12Cl3N3O2. The first-order chi connectivity index (χ1) is 10.9. The number of primary amides is 1. The van der Waals surface area contributed by atoms with E-state index >= 15 is 0 Å². The lowest BCUT2D eigenvalue weighted by atomic mass is 10.2. The molecule has 4 N–H and O–H groups in total. The molecule has 0 fully saturated rings. The SMILES string of the molecule is NC(=O)c1cccc(NC(=O)CNc2cc(Cl)c(Cl)cc2Cl)c1. The van der Waals surface area contributed by atoms with Crippen molar-refractivity contribution in [1.29, 1.82) is 0 Å². The predicted molar refractivity (Wildman–Crippen MR) is 93.6 cm³/mol. The summed E-state index contributed by atoms with van der Waals surface area (Å²) in [7, 11) is 0. The third-order valence-electron chi connectivity index (χ3n) is 2.88. The van der Waals surface area contributed by atoms with Gasteiger partial charge in [0.1, 0.15) is 0 Å². The van der Waals surface area contributed by atoms with Crippen LogP contribution < -0.4 is 16.4 Å². The Hall–Kier alpha value is -1.95. The molecule has 2 aromatic rings. The fourth-order valence-electron chi connectivity index (χ4n) is 1.79. The number of anilines is 2. The number of benzene rings is 2. The van der Waals surface area contributed by atoms with Crippen molar-refractivity contribution in [2.24, 2.45) is 5.73 Å². The molecule has 8 heteroatoms. The van der Waals surface area contributed by atoms with E-state index < -0.39 is 5.91 Å². The Bertz CT molecular complexity index is 766. The normalized spacial score (nSPS) is 10.2. The first-order valence-electron chi connectivity index (χ1n) is 6.45. The number of nitrogens with one attached hydrogen (secondary N) is 2. The minimum atomic E-state index is -0.568. The molecule has 0 aliphatic rings. The van der Waals surface area contributed by atoms with Crippen LogP contribution in [0.5, 0.6) is 0 Å². The zero-order chi connectivity index (χ0) is 17.0. The highest BCUT2D eigenvalue weighted by Crippen LogP contribution is 2.32. The van der Waals surface area contributed by atoms with Crippen molar-refractivity contribution < 1.29 is 9.59 Å². The third kappa shape index (κ3) is 4.76. The van der Waals surface area contributed by atoms with E-state index in [9.17, 15) is 9.59 Å². The van der Waals surface area contributed by atoms with Gasteiger partial charge in [-0.1, -0.05) is 40.9 Å². The molecule has 2 rings (SSSR count). The second-order valence-electron chi connectivity index (χ2n) is 4.59. The summed E-state index contributed by atoms with van der Waals surface area (Å²) in [5.41, 5.74) is 6.45. The van der Waals surface area contributed by atoms with Crippen LogP contribution in [-0.2, 0) is 4.79 Å². The Labute approximate surface area is 147 Å². The number of nitrogens with two attached hydrogens (primary N) is 1. The minimum Gasteiger partial charge on any atom is -0.375 e. The largest absolute Gasteiger partial charge is 0.375 e. The molecule has 0 atom stereocenters. The summed E-state index contributed by atoms with van der Waals surface area (Å²) < 4.78 is 0. The lowest BCUT2D eigenvalue weighted by molar-refractivity contribution is -0.114. The summed E-state index contributed by atoms with van der Waals surface area (Å²) in [5.74, 6) is -0.893. The molecule has 0 spiro atoms. The minimum absolute atomic E-state index is 0.0432. The van der Waals surface area contributed by atoms with Gasteiger partial charge >= 0.3 is 0 Å². The van der Waals surface area contributed by atoms with Gasteiger partial charge in [0.15, 0.2) is 0 Å². The van der Waals surface area contributed by atoms with Gasteiger partial charge in [-0.25, -0.2) is 0 Å². The number of halogens is 3. The average Bonchev–Trinajstić information content (AvgIpc) is 2.50. The summed E-state index contributed by atoms with van der Waals surface area (Å²) in [6, 6.07) is 9.35. The standard InChI is InChI=1S/C15H12Cl3N3O2/c16-10-5-12(18)13(6-11(10)17)20-7-14(22)21-9-3-1-2-8(4-9)15(19)23/h1-6,20H,7H2,(H2,19,23)(H,21,22). The predicted octanol–water partition coefficient (Wildman–Crippen LogP) is 3.80. The van der Waals surface area contributed by atoms with E-state index in [4.69, 9.17) is 40.5 Å². The lowest BCUT2D eigenvalue weighted by Crippen LogP contribution is -2.22. The van der Waals surface area contributed by atoms with Crippen LogP contribution in [0, 0.1) is 0 Å². The van der Waals surface area contributed by atoms with Crippen LogP contribution in [0.15, 0.2) is 36.4 Å². The van der Waals surface area contributed by atoms with Crippen molar-refractivity contribution >= 4 is 58.0 Å². The number of carbonyl (C=O) groups is 2. The quantitative estimate of drug-likeness (QED) is 0.698. The van der Waals surface area contributed by atoms with Crippen molar-refractivity contribution in [3.63, 3.8) is 0 Å². The fourth-order valence-corrected chi connectivity index (χ4v) is 2.40. The Balaban J connectivity index is 1.99. The van der Waals surface area contributed by atoms with Gasteiger partial charge < -0.3 is 16.4 Å². The van der Waals surface area contributed by atoms with Crippen LogP contribution in [0.2, 0.25) is 15.1 Å². The molecule has 0 unspecified atom stereocenters. The molecule has 0 saturated heterocycles. The molecule has 0 radical (unpaired) electrons. The van der Waals surface area contributed by atoms with E-state index in [-0.39, 0.29) is 12.5 Å². The number of hydrogen-bond acceptors (Lipinski definition) is 3. The van der Waals surface area contributed by atoms with Gasteiger partial charge in [-0.05, 0) is 30.3 Å². The highest BCUT2D eigenvalue weighted by molar-refractivity contribution is 6.44. The number of rotatable bonds is 5. The molecule has 120 valence electrons. The van der Waals surface area contributed by atoms with Crippen molar-refractivity contribution in [3.8, 4) is 0 Å². The van der Waals surface area contributed by atoms with E-state index in [1.807, 2.05) is 0 Å². The maximum atomic E-state index is 11.9. The molecular weight excluding hydrogens is 361 g/mol. The number of carbonyl (C=O) groups excluding carboxylic acids is 2. The Kier molecular flexibility index (Phi) is 5.71. The van der Waals surface area contributed by atoms with Gasteiger partial charge in [-0.15, -0.1) is 0 Å². The van der Waals surface area contributed by atoms with Crippen molar-refractivity contribution in [2.45, 2.75) is 0 Å². The fraction of sp³-hybridized carbons (Fsp3) is 0.0667. The topological polar surface area (TPSA) is 84.2 Å². The van der Waals surface area contributed by atoms with Gasteiger partial charge in [0.25, 0.3) is 0 Å². The second kappa shape index (κ2) is 7.55. The number of hydrogen-bond donors (Lipinski definition) is 3. The summed E-state index contributed by atoms with van der Waals surface area (Å²) in [5, 5.41) is 6.51. The smallest absolute Gasteiger partial charge is 0.248 e. The first kappa shape index (κ1) is 17.4. The maximum absolute atomic E-state index is 11.9. The molecule has 0 aromatic heterocycles. The third-order valence-corrected chi connectivity index (χ3v) is 3.92. The highest BCUT2D eigenvalue weighted by Gasteiger charge is 2.09. The van der Waals surface area contributed by atoms with Crippen LogP contribution in [-0.4, -0.2) is 18.4 Å². The highest BCUT2D eigenvalue weighted by atomic mass is 35.5. The van der Waals surface area contributed by atoms with Gasteiger partial charge in [0.2, 0.25) is 11.8 Å². The van der Waals surface area contributed by atoms with E-state index in [0.717, 1.165) is 0 Å². The van der Waals surface area contributed by atoms with Crippen molar-refractivity contribution in [2.75, 3.05) is 17.2 Å². The first-order valence-corrected chi connectivity index (χ1v) is 7.58. The average molecular weight is 373 g/mol. The molecule has 2 aromatic carbocycles. The molecule has 23 heavy (non-hydrogen) atoms. The monoisotopic (exact) mass is 371 g/mol. The van der Waals surface area contributed by atoms with Crippen molar-refractivity contribution in [3.05, 3.63) is 57.0 Å². The molecule has 0 bridgehead atoms. The van der Waals surface area contributed by atoms with E-state index in [2.05, 4.69) is 10.6 Å². The van der Waals surface area contributed by atoms with Gasteiger partial charge in [-0.3, -0.25) is 9.59 Å². The molecule has 5 nitrogen and oxygen atoms in total. The van der Waals surface area contributed by atoms with Gasteiger partial charge in [-0.2, -0.15) is 0 Å². The van der Waals surface area contributed by atoms with E-state index in [1.165, 1.54) is 18.2 Å². The molecule has 0 heterocycles. The van der Waals surface area contributed by atoms with Crippen LogP contribution in [0.4, 0.5) is 11.4 Å². The van der Waals surface area contributed by atoms with Crippen LogP contribution in [0.1, 0.15) is 10.4 Å². The van der Waals surface area contributed by atoms with Gasteiger partial charge in [0, 0.05) is 11.3 Å². The Morgan fingerprint density at radius 2 is 1.70 bits per heavy atom. The van der Waals surface area contributed by atoms with Crippen LogP contribution in [0.3, 0.4) is 0 Å². The molecule has 0 saturated carbocycles. The summed E-state index contributed by atoms with van der Waals surface area (Å²) in [6.07, 6.45) is 0. The van der Waals surface area contributed by atoms with Crippen molar-refractivity contribution in [1.82, 2.24) is 0 Å². The van der Waals surface area contributed by atoms with E-state index in [0.29, 0.717) is 32.0 Å². The van der Waals surface area contributed by atoms with Gasteiger partial charge in [0.05, 0.1) is 27.3 Å². The van der Waals surface area contributed by atoms with E-state index in [1.54, 1.807) is 18.2 Å². The van der Waals surface area contributed by atoms with Crippen LogP contribution >= 0.6 is 34.8 Å². The molecule has 0 aliphatic carbocycles. The molecule has 2 amide bonds. The Morgan fingerprint density at radius 1 is 1.00 bits per heavy atom. The Morgan fingerprint density at radius 3 is 2.39 bits per heavy atom. The second-order valence-corrected chi connectivity index (χ2v) is 5.81.